The normalized spacial score (nSPS) is 23.9. The lowest BCUT2D eigenvalue weighted by molar-refractivity contribution is -0.122. The van der Waals surface area contributed by atoms with Crippen LogP contribution in [0.5, 0.6) is 0 Å². The van der Waals surface area contributed by atoms with Crippen LogP contribution < -0.4 is 5.73 Å². The maximum absolute atomic E-state index is 13.2. The Labute approximate surface area is 105 Å². The molecule has 0 aromatic heterocycles. The van der Waals surface area contributed by atoms with Crippen LogP contribution in [0.3, 0.4) is 0 Å². The van der Waals surface area contributed by atoms with Crippen molar-refractivity contribution in [2.75, 3.05) is 0 Å². The van der Waals surface area contributed by atoms with Crippen LogP contribution in [0.15, 0.2) is 18.2 Å². The van der Waals surface area contributed by atoms with Gasteiger partial charge in [0.05, 0.1) is 5.02 Å². The van der Waals surface area contributed by atoms with Crippen molar-refractivity contribution in [2.45, 2.75) is 31.7 Å². The molecular formula is C13H15ClFNO. The lowest BCUT2D eigenvalue weighted by Crippen LogP contribution is -2.31. The van der Waals surface area contributed by atoms with Crippen molar-refractivity contribution in [1.29, 1.82) is 0 Å². The van der Waals surface area contributed by atoms with Gasteiger partial charge in [-0.25, -0.2) is 4.39 Å². The van der Waals surface area contributed by atoms with Gasteiger partial charge in [0.15, 0.2) is 0 Å². The molecule has 0 radical (unpaired) electrons. The van der Waals surface area contributed by atoms with E-state index in [0.717, 1.165) is 19.3 Å². The summed E-state index contributed by atoms with van der Waals surface area (Å²) in [6, 6.07) is 4.46. The predicted molar refractivity (Wildman–Crippen MR) is 65.4 cm³/mol. The second-order valence-electron chi connectivity index (χ2n) is 4.59. The molecule has 0 aliphatic heterocycles. The average Bonchev–Trinajstić information content (AvgIpc) is 2.70. The third-order valence-electron chi connectivity index (χ3n) is 3.35. The van der Waals surface area contributed by atoms with E-state index in [-0.39, 0.29) is 29.2 Å². The monoisotopic (exact) mass is 255 g/mol. The Balaban J connectivity index is 2.05. The van der Waals surface area contributed by atoms with Crippen molar-refractivity contribution in [3.05, 3.63) is 34.6 Å². The summed E-state index contributed by atoms with van der Waals surface area (Å²) < 4.78 is 13.2. The molecule has 2 N–H and O–H groups in total. The zero-order valence-electron chi connectivity index (χ0n) is 9.46. The summed E-state index contributed by atoms with van der Waals surface area (Å²) in [5.74, 6) is -0.432. The molecule has 0 saturated heterocycles. The van der Waals surface area contributed by atoms with Gasteiger partial charge in [-0.15, -0.1) is 0 Å². The molecule has 2 unspecified atom stereocenters. The summed E-state index contributed by atoms with van der Waals surface area (Å²) in [6.07, 6.45) is 3.01. The molecule has 0 bridgehead atoms. The molecule has 92 valence electrons. The molecule has 4 heteroatoms. The molecule has 2 atom stereocenters. The van der Waals surface area contributed by atoms with Crippen molar-refractivity contribution in [3.8, 4) is 0 Å². The fourth-order valence-corrected chi connectivity index (χ4v) is 2.49. The average molecular weight is 256 g/mol. The van der Waals surface area contributed by atoms with Gasteiger partial charge in [0, 0.05) is 18.4 Å². The minimum absolute atomic E-state index is 0.0281. The van der Waals surface area contributed by atoms with E-state index in [1.165, 1.54) is 12.1 Å². The Morgan fingerprint density at radius 1 is 1.47 bits per heavy atom. The highest BCUT2D eigenvalue weighted by Gasteiger charge is 2.29. The van der Waals surface area contributed by atoms with Crippen molar-refractivity contribution >= 4 is 17.4 Å². The third kappa shape index (κ3) is 2.85. The van der Waals surface area contributed by atoms with Crippen LogP contribution in [-0.4, -0.2) is 11.8 Å². The van der Waals surface area contributed by atoms with Gasteiger partial charge in [-0.2, -0.15) is 0 Å². The van der Waals surface area contributed by atoms with Crippen molar-refractivity contribution < 1.29 is 9.18 Å². The highest BCUT2D eigenvalue weighted by atomic mass is 35.5. The fraction of sp³-hybridized carbons (Fsp3) is 0.462. The molecule has 0 amide bonds. The molecule has 1 aromatic carbocycles. The lowest BCUT2D eigenvalue weighted by atomic mass is 9.94. The van der Waals surface area contributed by atoms with Crippen molar-refractivity contribution in [2.24, 2.45) is 11.7 Å². The maximum atomic E-state index is 13.2. The van der Waals surface area contributed by atoms with Gasteiger partial charge in [0.1, 0.15) is 11.6 Å². The molecule has 2 nitrogen and oxygen atoms in total. The largest absolute Gasteiger partial charge is 0.327 e. The standard InChI is InChI=1S/C13H15ClFNO/c14-10-5-4-8(6-11(10)15)7-13(17)9-2-1-3-12(9)16/h4-6,9,12H,1-3,7,16H2. The zero-order chi connectivity index (χ0) is 12.4. The summed E-state index contributed by atoms with van der Waals surface area (Å²) >= 11 is 5.59. The topological polar surface area (TPSA) is 43.1 Å². The number of nitrogens with two attached hydrogens (primary N) is 1. The molecule has 1 aromatic rings. The van der Waals surface area contributed by atoms with E-state index in [4.69, 9.17) is 17.3 Å². The molecule has 17 heavy (non-hydrogen) atoms. The second-order valence-corrected chi connectivity index (χ2v) is 5.00. The Morgan fingerprint density at radius 2 is 2.24 bits per heavy atom. The molecule has 0 spiro atoms. The third-order valence-corrected chi connectivity index (χ3v) is 3.65. The molecule has 1 aliphatic rings. The van der Waals surface area contributed by atoms with Crippen molar-refractivity contribution in [1.82, 2.24) is 0 Å². The van der Waals surface area contributed by atoms with Crippen LogP contribution in [0.2, 0.25) is 5.02 Å². The Morgan fingerprint density at radius 3 is 2.82 bits per heavy atom. The first kappa shape index (κ1) is 12.5. The van der Waals surface area contributed by atoms with E-state index in [2.05, 4.69) is 0 Å². The molecule has 2 rings (SSSR count). The number of carbonyl (C=O) groups excluding carboxylic acids is 1. The smallest absolute Gasteiger partial charge is 0.142 e. The van der Waals surface area contributed by atoms with E-state index in [0.29, 0.717) is 5.56 Å². The number of Topliss-reactive ketones (excluding diaryl/α,β-unsaturated/α-hetero) is 1. The number of hydrogen-bond donors (Lipinski definition) is 1. The summed E-state index contributed by atoms with van der Waals surface area (Å²) in [5, 5.41) is 0.0822. The van der Waals surface area contributed by atoms with Crippen LogP contribution in [0.25, 0.3) is 0 Å². The lowest BCUT2D eigenvalue weighted by Gasteiger charge is -2.13. The summed E-state index contributed by atoms with van der Waals surface area (Å²) in [5.41, 5.74) is 6.53. The minimum Gasteiger partial charge on any atom is -0.327 e. The van der Waals surface area contributed by atoms with Gasteiger partial charge in [-0.3, -0.25) is 4.79 Å². The highest BCUT2D eigenvalue weighted by molar-refractivity contribution is 6.30. The first-order chi connectivity index (χ1) is 8.08. The number of hydrogen-bond acceptors (Lipinski definition) is 2. The number of carbonyl (C=O) groups is 1. The summed E-state index contributed by atoms with van der Waals surface area (Å²) in [7, 11) is 0. The first-order valence-electron chi connectivity index (χ1n) is 5.80. The minimum atomic E-state index is -0.479. The number of halogens is 2. The highest BCUT2D eigenvalue weighted by Crippen LogP contribution is 2.26. The Bertz CT molecular complexity index is 435. The fourth-order valence-electron chi connectivity index (χ4n) is 2.37. The molecule has 1 aliphatic carbocycles. The summed E-state index contributed by atoms with van der Waals surface area (Å²) in [4.78, 5) is 12.0. The van der Waals surface area contributed by atoms with Crippen LogP contribution in [0, 0.1) is 11.7 Å². The van der Waals surface area contributed by atoms with Crippen molar-refractivity contribution in [3.63, 3.8) is 0 Å². The quantitative estimate of drug-likeness (QED) is 0.903. The van der Waals surface area contributed by atoms with Gasteiger partial charge in [0.25, 0.3) is 0 Å². The van der Waals surface area contributed by atoms with Gasteiger partial charge in [-0.1, -0.05) is 24.1 Å². The maximum Gasteiger partial charge on any atom is 0.142 e. The van der Waals surface area contributed by atoms with Crippen LogP contribution in [0.1, 0.15) is 24.8 Å². The van der Waals surface area contributed by atoms with Gasteiger partial charge >= 0.3 is 0 Å². The number of rotatable bonds is 3. The first-order valence-corrected chi connectivity index (χ1v) is 6.18. The predicted octanol–water partition coefficient (Wildman–Crippen LogP) is 2.72. The second kappa shape index (κ2) is 5.15. The van der Waals surface area contributed by atoms with E-state index in [1.807, 2.05) is 0 Å². The summed E-state index contributed by atoms with van der Waals surface area (Å²) in [6.45, 7) is 0. The van der Waals surface area contributed by atoms with E-state index in [1.54, 1.807) is 6.07 Å². The number of benzene rings is 1. The van der Waals surface area contributed by atoms with Gasteiger partial charge < -0.3 is 5.73 Å². The Kier molecular flexibility index (Phi) is 3.79. The number of ketones is 1. The molecule has 1 fully saturated rings. The Hall–Kier alpha value is -0.930. The van der Waals surface area contributed by atoms with Crippen LogP contribution >= 0.6 is 11.6 Å². The van der Waals surface area contributed by atoms with Crippen LogP contribution in [-0.2, 0) is 11.2 Å². The molecule has 0 heterocycles. The van der Waals surface area contributed by atoms with E-state index >= 15 is 0 Å². The SMILES string of the molecule is NC1CCCC1C(=O)Cc1ccc(Cl)c(F)c1. The van der Waals surface area contributed by atoms with Gasteiger partial charge in [0.2, 0.25) is 0 Å². The van der Waals surface area contributed by atoms with Crippen LogP contribution in [0.4, 0.5) is 4.39 Å². The molecule has 1 saturated carbocycles. The van der Waals surface area contributed by atoms with E-state index in [9.17, 15) is 9.18 Å². The zero-order valence-corrected chi connectivity index (χ0v) is 10.2. The van der Waals surface area contributed by atoms with E-state index < -0.39 is 5.82 Å². The van der Waals surface area contributed by atoms with Gasteiger partial charge in [-0.05, 0) is 30.5 Å². The molecular weight excluding hydrogens is 241 g/mol.